The van der Waals surface area contributed by atoms with Gasteiger partial charge >= 0.3 is 0 Å². The zero-order valence-corrected chi connectivity index (χ0v) is 13.4. The van der Waals surface area contributed by atoms with Gasteiger partial charge in [0.1, 0.15) is 0 Å². The van der Waals surface area contributed by atoms with E-state index in [1.165, 1.54) is 18.4 Å². The van der Waals surface area contributed by atoms with Crippen LogP contribution in [-0.2, 0) is 17.8 Å². The summed E-state index contributed by atoms with van der Waals surface area (Å²) in [5.41, 5.74) is 17.3. The molecule has 2 N–H and O–H groups in total. The number of pyridine rings is 1. The molecule has 7 heteroatoms. The van der Waals surface area contributed by atoms with Gasteiger partial charge in [0.2, 0.25) is 5.91 Å². The molecule has 0 radical (unpaired) electrons. The fraction of sp³-hybridized carbons (Fsp3) is 0.500. The van der Waals surface area contributed by atoms with E-state index in [4.69, 9.17) is 11.3 Å². The van der Waals surface area contributed by atoms with Gasteiger partial charge in [-0.25, -0.2) is 4.52 Å². The first-order chi connectivity index (χ1) is 10.9. The van der Waals surface area contributed by atoms with Crippen LogP contribution < -0.4 is 5.73 Å². The van der Waals surface area contributed by atoms with Crippen molar-refractivity contribution >= 4 is 11.4 Å². The Morgan fingerprint density at radius 1 is 1.48 bits per heavy atom. The lowest BCUT2D eigenvalue weighted by molar-refractivity contribution is -0.125. The lowest BCUT2D eigenvalue weighted by atomic mass is 9.86. The molecule has 2 heterocycles. The molecule has 0 spiro atoms. The van der Waals surface area contributed by atoms with Crippen LogP contribution in [0.5, 0.6) is 0 Å². The number of carbonyl (C=O) groups excluding carboxylic acids is 1. The van der Waals surface area contributed by atoms with Crippen LogP contribution in [0.2, 0.25) is 0 Å². The molecule has 3 rings (SSSR count). The van der Waals surface area contributed by atoms with E-state index < -0.39 is 5.41 Å². The highest BCUT2D eigenvalue weighted by atomic mass is 16.1. The third kappa shape index (κ3) is 3.14. The predicted molar refractivity (Wildman–Crippen MR) is 86.7 cm³/mol. The minimum atomic E-state index is -0.647. The Bertz CT molecular complexity index is 811. The summed E-state index contributed by atoms with van der Waals surface area (Å²) in [6.07, 6.45) is 2.92. The Labute approximate surface area is 134 Å². The van der Waals surface area contributed by atoms with E-state index in [0.717, 1.165) is 11.2 Å². The molecule has 1 saturated carbocycles. The molecule has 0 saturated heterocycles. The number of hydrogen-bond donors (Lipinski definition) is 1. The summed E-state index contributed by atoms with van der Waals surface area (Å²) < 4.78 is 1.83. The average Bonchev–Trinajstić information content (AvgIpc) is 3.25. The highest BCUT2D eigenvalue weighted by molar-refractivity contribution is 5.80. The molecule has 23 heavy (non-hydrogen) atoms. The maximum absolute atomic E-state index is 11.7. The molecule has 0 aliphatic heterocycles. The van der Waals surface area contributed by atoms with Gasteiger partial charge in [-0.1, -0.05) is 19.0 Å². The van der Waals surface area contributed by atoms with Crippen LogP contribution in [0.15, 0.2) is 23.3 Å². The van der Waals surface area contributed by atoms with Crippen LogP contribution in [0.25, 0.3) is 16.0 Å². The molecular formula is C16H20N6O. The predicted octanol–water partition coefficient (Wildman–Crippen LogP) is 3.08. The van der Waals surface area contributed by atoms with Crippen LogP contribution in [-0.4, -0.2) is 15.5 Å². The van der Waals surface area contributed by atoms with Gasteiger partial charge < -0.3 is 5.73 Å². The van der Waals surface area contributed by atoms with Crippen LogP contribution >= 0.6 is 0 Å². The molecule has 2 aromatic heterocycles. The van der Waals surface area contributed by atoms with E-state index in [1.54, 1.807) is 0 Å². The number of amides is 1. The number of primary amides is 1. The number of nitrogens with zero attached hydrogens (tertiary/aromatic N) is 5. The smallest absolute Gasteiger partial charge is 0.223 e. The van der Waals surface area contributed by atoms with Gasteiger partial charge in [-0.3, -0.25) is 4.79 Å². The maximum Gasteiger partial charge on any atom is 0.223 e. The lowest BCUT2D eigenvalue weighted by Crippen LogP contribution is -2.34. The second-order valence-electron chi connectivity index (χ2n) is 6.84. The van der Waals surface area contributed by atoms with Gasteiger partial charge in [-0.05, 0) is 48.1 Å². The number of carbonyl (C=O) groups is 1. The average molecular weight is 312 g/mol. The third-order valence-electron chi connectivity index (χ3n) is 4.34. The van der Waals surface area contributed by atoms with Crippen molar-refractivity contribution in [2.45, 2.75) is 45.6 Å². The second kappa shape index (κ2) is 5.59. The number of nitrogens with two attached hydrogens (primary N) is 1. The Balaban J connectivity index is 2.07. The fourth-order valence-corrected chi connectivity index (χ4v) is 2.75. The fourth-order valence-electron chi connectivity index (χ4n) is 2.75. The summed E-state index contributed by atoms with van der Waals surface area (Å²) in [4.78, 5) is 14.5. The molecule has 0 unspecified atom stereocenters. The number of aromatic nitrogens is 2. The summed E-state index contributed by atoms with van der Waals surface area (Å²) in [5, 5.41) is 8.08. The molecule has 0 aromatic carbocycles. The SMILES string of the molecule is CC(C)(Cc1cc(C2CC2)cc2cc(CN=[N+]=[N-])nn12)C(N)=O. The second-order valence-corrected chi connectivity index (χ2v) is 6.84. The van der Waals surface area contributed by atoms with Crippen molar-refractivity contribution < 1.29 is 4.79 Å². The van der Waals surface area contributed by atoms with E-state index in [2.05, 4.69) is 27.3 Å². The molecule has 120 valence electrons. The standard InChI is InChI=1S/C16H20N6O/c1-16(2,15(17)23)8-14-6-11(10-3-4-10)5-13-7-12(9-19-21-18)20-22(13)14/h5-7,10H,3-4,8-9H2,1-2H3,(H2,17,23). The van der Waals surface area contributed by atoms with E-state index in [-0.39, 0.29) is 12.5 Å². The molecule has 2 aromatic rings. The molecule has 1 aliphatic carbocycles. The first-order valence-corrected chi connectivity index (χ1v) is 7.73. The van der Waals surface area contributed by atoms with Gasteiger partial charge in [0.25, 0.3) is 0 Å². The number of hydrogen-bond acceptors (Lipinski definition) is 3. The van der Waals surface area contributed by atoms with Crippen molar-refractivity contribution in [1.82, 2.24) is 9.61 Å². The maximum atomic E-state index is 11.7. The minimum absolute atomic E-state index is 0.218. The molecule has 1 aliphatic rings. The highest BCUT2D eigenvalue weighted by Crippen LogP contribution is 2.41. The Morgan fingerprint density at radius 2 is 2.22 bits per heavy atom. The van der Waals surface area contributed by atoms with E-state index in [1.807, 2.05) is 24.4 Å². The Hall–Kier alpha value is -2.53. The van der Waals surface area contributed by atoms with Crippen molar-refractivity contribution in [3.8, 4) is 0 Å². The van der Waals surface area contributed by atoms with Crippen molar-refractivity contribution in [2.75, 3.05) is 0 Å². The molecule has 1 fully saturated rings. The number of azide groups is 1. The molecular weight excluding hydrogens is 292 g/mol. The van der Waals surface area contributed by atoms with Crippen LogP contribution in [0.4, 0.5) is 0 Å². The zero-order chi connectivity index (χ0) is 16.6. The van der Waals surface area contributed by atoms with Crippen LogP contribution in [0.3, 0.4) is 0 Å². The van der Waals surface area contributed by atoms with Crippen molar-refractivity contribution in [2.24, 2.45) is 16.3 Å². The molecule has 7 nitrogen and oxygen atoms in total. The number of rotatable bonds is 6. The van der Waals surface area contributed by atoms with Gasteiger partial charge in [0.05, 0.1) is 17.8 Å². The van der Waals surface area contributed by atoms with Gasteiger partial charge in [0.15, 0.2) is 0 Å². The summed E-state index contributed by atoms with van der Waals surface area (Å²) in [6.45, 7) is 3.90. The zero-order valence-electron chi connectivity index (χ0n) is 13.4. The third-order valence-corrected chi connectivity index (χ3v) is 4.34. The van der Waals surface area contributed by atoms with Crippen molar-refractivity contribution in [3.63, 3.8) is 0 Å². The quantitative estimate of drug-likeness (QED) is 0.502. The van der Waals surface area contributed by atoms with E-state index in [0.29, 0.717) is 18.0 Å². The first kappa shape index (κ1) is 15.4. The summed E-state index contributed by atoms with van der Waals surface area (Å²) in [6, 6.07) is 6.19. The van der Waals surface area contributed by atoms with E-state index in [9.17, 15) is 4.79 Å². The topological polar surface area (TPSA) is 109 Å². The first-order valence-electron chi connectivity index (χ1n) is 7.73. The van der Waals surface area contributed by atoms with E-state index >= 15 is 0 Å². The molecule has 1 amide bonds. The largest absolute Gasteiger partial charge is 0.369 e. The normalized spacial score (nSPS) is 14.7. The van der Waals surface area contributed by atoms with Gasteiger partial charge in [-0.15, -0.1) is 0 Å². The summed E-state index contributed by atoms with van der Waals surface area (Å²) in [5.74, 6) is 0.273. The Kier molecular flexibility index (Phi) is 3.74. The summed E-state index contributed by atoms with van der Waals surface area (Å²) in [7, 11) is 0. The van der Waals surface area contributed by atoms with Gasteiger partial charge in [0, 0.05) is 22.4 Å². The van der Waals surface area contributed by atoms with Crippen molar-refractivity contribution in [1.29, 1.82) is 0 Å². The highest BCUT2D eigenvalue weighted by Gasteiger charge is 2.29. The van der Waals surface area contributed by atoms with Crippen molar-refractivity contribution in [3.05, 3.63) is 45.6 Å². The number of fused-ring (bicyclic) bond motifs is 1. The molecule has 0 atom stereocenters. The minimum Gasteiger partial charge on any atom is -0.369 e. The van der Waals surface area contributed by atoms with Crippen LogP contribution in [0.1, 0.15) is 49.6 Å². The monoisotopic (exact) mass is 312 g/mol. The van der Waals surface area contributed by atoms with Crippen LogP contribution in [0, 0.1) is 5.41 Å². The summed E-state index contributed by atoms with van der Waals surface area (Å²) >= 11 is 0. The Morgan fingerprint density at radius 3 is 2.83 bits per heavy atom. The molecule has 0 bridgehead atoms. The lowest BCUT2D eigenvalue weighted by Gasteiger charge is -2.21. The van der Waals surface area contributed by atoms with Gasteiger partial charge in [-0.2, -0.15) is 5.10 Å².